The van der Waals surface area contributed by atoms with Crippen molar-refractivity contribution in [1.29, 1.82) is 0 Å². The molecule has 1 N–H and O–H groups in total. The van der Waals surface area contributed by atoms with Crippen LogP contribution >= 0.6 is 28.3 Å². The molecule has 1 saturated heterocycles. The Morgan fingerprint density at radius 1 is 1.36 bits per heavy atom. The van der Waals surface area contributed by atoms with Crippen molar-refractivity contribution in [2.45, 2.75) is 12.5 Å². The zero-order chi connectivity index (χ0) is 9.42. The van der Waals surface area contributed by atoms with E-state index in [1.165, 1.54) is 12.1 Å². The Kier molecular flexibility index (Phi) is 3.86. The fraction of sp³-hybridized carbons (Fsp3) is 0.333. The topological polar surface area (TPSA) is 12.0 Å². The second-order valence-electron chi connectivity index (χ2n) is 3.05. The van der Waals surface area contributed by atoms with Gasteiger partial charge in [0.25, 0.3) is 0 Å². The largest absolute Gasteiger partial charge is 0.310 e. The van der Waals surface area contributed by atoms with Crippen LogP contribution in [0.15, 0.2) is 16.6 Å². The van der Waals surface area contributed by atoms with Gasteiger partial charge in [-0.3, -0.25) is 0 Å². The second-order valence-corrected chi connectivity index (χ2v) is 3.91. The number of hydrogen-bond acceptors (Lipinski definition) is 1. The summed E-state index contributed by atoms with van der Waals surface area (Å²) in [6.07, 6.45) is 0.796. The van der Waals surface area contributed by atoms with Gasteiger partial charge in [0.1, 0.15) is 11.6 Å². The maximum Gasteiger partial charge on any atom is 0.145 e. The molecule has 0 saturated carbocycles. The molecule has 1 heterocycles. The summed E-state index contributed by atoms with van der Waals surface area (Å²) in [5, 5.41) is 2.97. The average Bonchev–Trinajstić information content (AvgIpc) is 2.02. The van der Waals surface area contributed by atoms with Gasteiger partial charge in [0.05, 0.1) is 4.47 Å². The summed E-state index contributed by atoms with van der Waals surface area (Å²) in [5.74, 6) is -0.963. The number of nitrogens with one attached hydrogen (secondary N) is 1. The summed E-state index contributed by atoms with van der Waals surface area (Å²) < 4.78 is 26.9. The van der Waals surface area contributed by atoms with Gasteiger partial charge in [0.2, 0.25) is 0 Å². The smallest absolute Gasteiger partial charge is 0.145 e. The molecule has 1 aliphatic rings. The summed E-state index contributed by atoms with van der Waals surface area (Å²) in [5.41, 5.74) is 0.153. The Hall–Kier alpha value is -0.190. The summed E-state index contributed by atoms with van der Waals surface area (Å²) in [6, 6.07) is 2.51. The molecule has 2 rings (SSSR count). The quantitative estimate of drug-likeness (QED) is 0.781. The first kappa shape index (κ1) is 11.9. The Labute approximate surface area is 95.4 Å². The molecule has 1 fully saturated rings. The Balaban J connectivity index is 0.000000980. The molecule has 0 unspecified atom stereocenters. The van der Waals surface area contributed by atoms with E-state index in [2.05, 4.69) is 21.2 Å². The molecule has 0 radical (unpaired) electrons. The van der Waals surface area contributed by atoms with E-state index in [4.69, 9.17) is 0 Å². The lowest BCUT2D eigenvalue weighted by atomic mass is 9.97. The molecule has 0 aliphatic carbocycles. The van der Waals surface area contributed by atoms with Crippen LogP contribution in [0.4, 0.5) is 8.78 Å². The molecule has 1 aliphatic heterocycles. The zero-order valence-electron chi connectivity index (χ0n) is 7.19. The van der Waals surface area contributed by atoms with Crippen LogP contribution < -0.4 is 5.32 Å². The zero-order valence-corrected chi connectivity index (χ0v) is 9.59. The van der Waals surface area contributed by atoms with Crippen LogP contribution in [0.25, 0.3) is 0 Å². The molecule has 78 valence electrons. The van der Waals surface area contributed by atoms with Crippen LogP contribution in [0.2, 0.25) is 0 Å². The first-order chi connectivity index (χ1) is 6.20. The van der Waals surface area contributed by atoms with Crippen molar-refractivity contribution in [2.24, 2.45) is 0 Å². The van der Waals surface area contributed by atoms with Gasteiger partial charge in [0.15, 0.2) is 0 Å². The minimum absolute atomic E-state index is 0. The van der Waals surface area contributed by atoms with Gasteiger partial charge in [-0.25, -0.2) is 8.78 Å². The van der Waals surface area contributed by atoms with Crippen molar-refractivity contribution in [2.75, 3.05) is 6.54 Å². The average molecular weight is 285 g/mol. The summed E-state index contributed by atoms with van der Waals surface area (Å²) >= 11 is 3.03. The SMILES string of the molecule is Cl.Fc1ccc(Br)c(F)c1[C@H]1CCN1. The molecule has 0 spiro atoms. The van der Waals surface area contributed by atoms with Crippen molar-refractivity contribution in [1.82, 2.24) is 5.32 Å². The predicted octanol–water partition coefficient (Wildman–Crippen LogP) is 3.18. The van der Waals surface area contributed by atoms with Crippen molar-refractivity contribution in [3.63, 3.8) is 0 Å². The number of hydrogen-bond donors (Lipinski definition) is 1. The Morgan fingerprint density at radius 3 is 2.50 bits per heavy atom. The van der Waals surface area contributed by atoms with Gasteiger partial charge in [0, 0.05) is 11.6 Å². The van der Waals surface area contributed by atoms with E-state index in [-0.39, 0.29) is 24.0 Å². The van der Waals surface area contributed by atoms with E-state index in [1.54, 1.807) is 0 Å². The molecule has 1 aromatic rings. The van der Waals surface area contributed by atoms with Gasteiger partial charge in [-0.05, 0) is 41.0 Å². The highest BCUT2D eigenvalue weighted by molar-refractivity contribution is 9.10. The minimum Gasteiger partial charge on any atom is -0.310 e. The maximum atomic E-state index is 13.4. The third-order valence-corrected chi connectivity index (χ3v) is 2.86. The van der Waals surface area contributed by atoms with Gasteiger partial charge < -0.3 is 5.32 Å². The van der Waals surface area contributed by atoms with Gasteiger partial charge >= 0.3 is 0 Å². The molecule has 1 nitrogen and oxygen atoms in total. The van der Waals surface area contributed by atoms with Crippen LogP contribution in [0.3, 0.4) is 0 Å². The van der Waals surface area contributed by atoms with Crippen LogP contribution in [-0.4, -0.2) is 6.54 Å². The Morgan fingerprint density at radius 2 is 2.00 bits per heavy atom. The molecule has 14 heavy (non-hydrogen) atoms. The molecule has 5 heteroatoms. The van der Waals surface area contributed by atoms with Crippen molar-refractivity contribution < 1.29 is 8.78 Å². The molecule has 0 aromatic heterocycles. The second kappa shape index (κ2) is 4.55. The lowest BCUT2D eigenvalue weighted by Crippen LogP contribution is -2.36. The van der Waals surface area contributed by atoms with E-state index in [1.807, 2.05) is 0 Å². The molecular formula is C9H9BrClF2N. The van der Waals surface area contributed by atoms with Crippen molar-refractivity contribution >= 4 is 28.3 Å². The number of rotatable bonds is 1. The minimum atomic E-state index is -0.489. The summed E-state index contributed by atoms with van der Waals surface area (Å²) in [6.45, 7) is 0.829. The van der Waals surface area contributed by atoms with Crippen LogP contribution in [0, 0.1) is 11.6 Å². The van der Waals surface area contributed by atoms with Crippen LogP contribution in [0.5, 0.6) is 0 Å². The molecule has 0 amide bonds. The summed E-state index contributed by atoms with van der Waals surface area (Å²) in [7, 11) is 0. The number of benzene rings is 1. The highest BCUT2D eigenvalue weighted by Gasteiger charge is 2.26. The van der Waals surface area contributed by atoms with Crippen molar-refractivity contribution in [3.05, 3.63) is 33.8 Å². The standard InChI is InChI=1S/C9H8BrF2N.ClH/c10-5-1-2-6(11)8(9(5)12)7-3-4-13-7;/h1-2,7,13H,3-4H2;1H/t7-;/m1./s1. The van der Waals surface area contributed by atoms with Crippen LogP contribution in [-0.2, 0) is 0 Å². The monoisotopic (exact) mass is 283 g/mol. The first-order valence-corrected chi connectivity index (χ1v) is 4.86. The molecule has 0 bridgehead atoms. The lowest BCUT2D eigenvalue weighted by molar-refractivity contribution is 0.355. The highest BCUT2D eigenvalue weighted by atomic mass is 79.9. The normalized spacial score (nSPS) is 19.8. The predicted molar refractivity (Wildman–Crippen MR) is 56.7 cm³/mol. The van der Waals surface area contributed by atoms with Gasteiger partial charge in [-0.1, -0.05) is 0 Å². The molecule has 1 aromatic carbocycles. The molecule has 1 atom stereocenters. The van der Waals surface area contributed by atoms with E-state index in [0.717, 1.165) is 13.0 Å². The number of halogens is 4. The van der Waals surface area contributed by atoms with E-state index in [0.29, 0.717) is 4.47 Å². The maximum absolute atomic E-state index is 13.4. The van der Waals surface area contributed by atoms with E-state index in [9.17, 15) is 8.78 Å². The van der Waals surface area contributed by atoms with Gasteiger partial charge in [-0.2, -0.15) is 0 Å². The first-order valence-electron chi connectivity index (χ1n) is 4.07. The third-order valence-electron chi connectivity index (χ3n) is 2.25. The Bertz CT molecular complexity index is 342. The fourth-order valence-electron chi connectivity index (χ4n) is 1.40. The van der Waals surface area contributed by atoms with E-state index < -0.39 is 11.6 Å². The fourth-order valence-corrected chi connectivity index (χ4v) is 1.74. The lowest BCUT2D eigenvalue weighted by Gasteiger charge is -2.28. The van der Waals surface area contributed by atoms with Crippen molar-refractivity contribution in [3.8, 4) is 0 Å². The third kappa shape index (κ3) is 1.92. The van der Waals surface area contributed by atoms with Crippen LogP contribution in [0.1, 0.15) is 18.0 Å². The van der Waals surface area contributed by atoms with E-state index >= 15 is 0 Å². The van der Waals surface area contributed by atoms with Gasteiger partial charge in [-0.15, -0.1) is 12.4 Å². The summed E-state index contributed by atoms with van der Waals surface area (Å²) in [4.78, 5) is 0. The molecular weight excluding hydrogens is 275 g/mol. The highest BCUT2D eigenvalue weighted by Crippen LogP contribution is 2.31.